The molecule has 0 fully saturated rings. The summed E-state index contributed by atoms with van der Waals surface area (Å²) in [4.78, 5) is 16.6. The van der Waals surface area contributed by atoms with Crippen molar-refractivity contribution >= 4 is 22.9 Å². The fourth-order valence-electron chi connectivity index (χ4n) is 3.15. The van der Waals surface area contributed by atoms with Gasteiger partial charge in [0.15, 0.2) is 5.65 Å². The van der Waals surface area contributed by atoms with Gasteiger partial charge in [0.05, 0.1) is 23.5 Å². The molecule has 0 bridgehead atoms. The van der Waals surface area contributed by atoms with Crippen LogP contribution in [-0.2, 0) is 17.8 Å². The van der Waals surface area contributed by atoms with E-state index >= 15 is 0 Å². The first-order valence-electron chi connectivity index (χ1n) is 9.13. The third-order valence-corrected chi connectivity index (χ3v) is 4.72. The number of terminal acetylenes is 1. The number of rotatable bonds is 6. The van der Waals surface area contributed by atoms with Gasteiger partial charge in [-0.2, -0.15) is 0 Å². The van der Waals surface area contributed by atoms with E-state index in [1.165, 1.54) is 6.92 Å². The standard InChI is InChI=1S/C22H24N4O2/c1-5-8-20-15(3)24-21-19(11-7-12-26(20)21)23-13-17-14(2)9-6-10-18(17)25-22(28)16(4)27/h1,6-7,9-12,16,23,27H,8,13H2,2-4H3,(H,25,28). The molecule has 28 heavy (non-hydrogen) atoms. The number of aromatic nitrogens is 2. The summed E-state index contributed by atoms with van der Waals surface area (Å²) >= 11 is 0. The van der Waals surface area contributed by atoms with Crippen molar-refractivity contribution in [1.82, 2.24) is 9.38 Å². The van der Waals surface area contributed by atoms with E-state index in [0.29, 0.717) is 18.7 Å². The summed E-state index contributed by atoms with van der Waals surface area (Å²) in [5.41, 5.74) is 6.27. The number of hydrogen-bond donors (Lipinski definition) is 3. The number of nitrogens with zero attached hydrogens (tertiary/aromatic N) is 2. The lowest BCUT2D eigenvalue weighted by atomic mass is 10.1. The summed E-state index contributed by atoms with van der Waals surface area (Å²) < 4.78 is 2.01. The second-order valence-electron chi connectivity index (χ2n) is 6.76. The minimum Gasteiger partial charge on any atom is -0.384 e. The molecule has 3 N–H and O–H groups in total. The van der Waals surface area contributed by atoms with Crippen LogP contribution in [0.3, 0.4) is 0 Å². The van der Waals surface area contributed by atoms with Crippen molar-refractivity contribution < 1.29 is 9.90 Å². The van der Waals surface area contributed by atoms with E-state index in [1.54, 1.807) is 0 Å². The molecule has 0 spiro atoms. The molecule has 1 aromatic carbocycles. The Balaban J connectivity index is 1.90. The number of pyridine rings is 1. The molecule has 2 aromatic heterocycles. The lowest BCUT2D eigenvalue weighted by Crippen LogP contribution is -2.25. The molecule has 1 amide bonds. The molecule has 6 heteroatoms. The van der Waals surface area contributed by atoms with Crippen LogP contribution < -0.4 is 10.6 Å². The molecule has 0 radical (unpaired) electrons. The summed E-state index contributed by atoms with van der Waals surface area (Å²) in [6.45, 7) is 5.88. The van der Waals surface area contributed by atoms with Crippen molar-refractivity contribution in [2.45, 2.75) is 39.8 Å². The topological polar surface area (TPSA) is 78.7 Å². The molecule has 0 aliphatic rings. The molecule has 0 aliphatic heterocycles. The molecular formula is C22H24N4O2. The number of aryl methyl sites for hydroxylation is 2. The number of hydrogen-bond acceptors (Lipinski definition) is 4. The van der Waals surface area contributed by atoms with E-state index in [-0.39, 0.29) is 0 Å². The Labute approximate surface area is 164 Å². The number of fused-ring (bicyclic) bond motifs is 1. The Kier molecular flexibility index (Phi) is 5.67. The number of benzene rings is 1. The van der Waals surface area contributed by atoms with Crippen molar-refractivity contribution in [1.29, 1.82) is 0 Å². The highest BCUT2D eigenvalue weighted by atomic mass is 16.3. The molecule has 1 unspecified atom stereocenters. The maximum absolute atomic E-state index is 11.9. The second-order valence-corrected chi connectivity index (χ2v) is 6.76. The van der Waals surface area contributed by atoms with Crippen molar-refractivity contribution in [2.75, 3.05) is 10.6 Å². The molecule has 144 valence electrons. The van der Waals surface area contributed by atoms with E-state index in [1.807, 2.05) is 54.8 Å². The van der Waals surface area contributed by atoms with Crippen molar-refractivity contribution in [3.8, 4) is 12.3 Å². The smallest absolute Gasteiger partial charge is 0.252 e. The Hall–Kier alpha value is -3.30. The first kappa shape index (κ1) is 19.5. The largest absolute Gasteiger partial charge is 0.384 e. The van der Waals surface area contributed by atoms with Crippen LogP contribution in [0.4, 0.5) is 11.4 Å². The van der Waals surface area contributed by atoms with Gasteiger partial charge in [-0.05, 0) is 50.1 Å². The average Bonchev–Trinajstić information content (AvgIpc) is 2.98. The minimum absolute atomic E-state index is 0.434. The first-order chi connectivity index (χ1) is 13.4. The van der Waals surface area contributed by atoms with Gasteiger partial charge in [0, 0.05) is 18.4 Å². The van der Waals surface area contributed by atoms with Crippen LogP contribution >= 0.6 is 0 Å². The van der Waals surface area contributed by atoms with Gasteiger partial charge in [0.2, 0.25) is 0 Å². The number of carbonyl (C=O) groups excluding carboxylic acids is 1. The first-order valence-corrected chi connectivity index (χ1v) is 9.13. The van der Waals surface area contributed by atoms with Crippen molar-refractivity contribution in [3.05, 3.63) is 59.0 Å². The molecule has 6 nitrogen and oxygen atoms in total. The SMILES string of the molecule is C#CCc1c(C)nc2c(NCc3c(C)cccc3NC(=O)C(C)O)cccn12. The van der Waals surface area contributed by atoms with E-state index in [2.05, 4.69) is 21.5 Å². The van der Waals surface area contributed by atoms with Crippen LogP contribution in [0, 0.1) is 26.2 Å². The fourth-order valence-corrected chi connectivity index (χ4v) is 3.15. The molecular weight excluding hydrogens is 352 g/mol. The third kappa shape index (κ3) is 3.85. The highest BCUT2D eigenvalue weighted by Crippen LogP contribution is 2.24. The predicted molar refractivity (Wildman–Crippen MR) is 111 cm³/mol. The van der Waals surface area contributed by atoms with Crippen LogP contribution in [0.25, 0.3) is 5.65 Å². The van der Waals surface area contributed by atoms with Crippen LogP contribution in [0.5, 0.6) is 0 Å². The molecule has 1 atom stereocenters. The van der Waals surface area contributed by atoms with Gasteiger partial charge in [-0.25, -0.2) is 4.98 Å². The monoisotopic (exact) mass is 376 g/mol. The highest BCUT2D eigenvalue weighted by Gasteiger charge is 2.14. The Morgan fingerprint density at radius 1 is 1.29 bits per heavy atom. The summed E-state index contributed by atoms with van der Waals surface area (Å²) in [7, 11) is 0. The second kappa shape index (κ2) is 8.15. The number of nitrogens with one attached hydrogen (secondary N) is 2. The lowest BCUT2D eigenvalue weighted by molar-refractivity contribution is -0.123. The van der Waals surface area contributed by atoms with Gasteiger partial charge < -0.3 is 20.1 Å². The average molecular weight is 376 g/mol. The summed E-state index contributed by atoms with van der Waals surface area (Å²) in [6.07, 6.45) is 6.89. The van der Waals surface area contributed by atoms with Crippen LogP contribution in [0.15, 0.2) is 36.5 Å². The van der Waals surface area contributed by atoms with Gasteiger partial charge in [-0.15, -0.1) is 12.3 Å². The highest BCUT2D eigenvalue weighted by molar-refractivity contribution is 5.94. The molecule has 0 saturated carbocycles. The van der Waals surface area contributed by atoms with Gasteiger partial charge in [0.1, 0.15) is 6.10 Å². The zero-order valence-electron chi connectivity index (χ0n) is 16.3. The number of aliphatic hydroxyl groups is 1. The Morgan fingerprint density at radius 3 is 2.75 bits per heavy atom. The van der Waals surface area contributed by atoms with Gasteiger partial charge in [0.25, 0.3) is 5.91 Å². The lowest BCUT2D eigenvalue weighted by Gasteiger charge is -2.16. The van der Waals surface area contributed by atoms with Gasteiger partial charge in [-0.3, -0.25) is 4.79 Å². The van der Waals surface area contributed by atoms with E-state index in [9.17, 15) is 9.90 Å². The fraction of sp³-hybridized carbons (Fsp3) is 0.273. The summed E-state index contributed by atoms with van der Waals surface area (Å²) in [5, 5.41) is 15.7. The molecule has 2 heterocycles. The number of amides is 1. The Morgan fingerprint density at radius 2 is 2.04 bits per heavy atom. The predicted octanol–water partition coefficient (Wildman–Crippen LogP) is 3.06. The zero-order chi connectivity index (χ0) is 20.3. The maximum atomic E-state index is 11.9. The third-order valence-electron chi connectivity index (χ3n) is 4.72. The van der Waals surface area contributed by atoms with Crippen molar-refractivity contribution in [3.63, 3.8) is 0 Å². The van der Waals surface area contributed by atoms with Gasteiger partial charge >= 0.3 is 0 Å². The maximum Gasteiger partial charge on any atom is 0.252 e. The van der Waals surface area contributed by atoms with Crippen LogP contribution in [-0.4, -0.2) is 26.5 Å². The summed E-state index contributed by atoms with van der Waals surface area (Å²) in [5.74, 6) is 2.25. The molecule has 0 saturated heterocycles. The molecule has 3 aromatic rings. The van der Waals surface area contributed by atoms with E-state index in [0.717, 1.165) is 33.8 Å². The summed E-state index contributed by atoms with van der Waals surface area (Å²) in [6, 6.07) is 9.61. The molecule has 0 aliphatic carbocycles. The number of anilines is 2. The van der Waals surface area contributed by atoms with Crippen LogP contribution in [0.1, 0.15) is 29.4 Å². The zero-order valence-corrected chi connectivity index (χ0v) is 16.3. The van der Waals surface area contributed by atoms with E-state index in [4.69, 9.17) is 6.42 Å². The number of carbonyl (C=O) groups is 1. The minimum atomic E-state index is -1.07. The van der Waals surface area contributed by atoms with Crippen LogP contribution in [0.2, 0.25) is 0 Å². The Bertz CT molecular complexity index is 1060. The quantitative estimate of drug-likeness (QED) is 0.578. The van der Waals surface area contributed by atoms with Crippen molar-refractivity contribution in [2.24, 2.45) is 0 Å². The van der Waals surface area contributed by atoms with E-state index < -0.39 is 12.0 Å². The number of aliphatic hydroxyl groups excluding tert-OH is 1. The number of imidazole rings is 1. The molecule has 3 rings (SSSR count). The normalized spacial score (nSPS) is 11.8. The van der Waals surface area contributed by atoms with Gasteiger partial charge in [-0.1, -0.05) is 12.1 Å².